The van der Waals surface area contributed by atoms with E-state index in [9.17, 15) is 4.79 Å². The number of esters is 1. The number of hydrogen-bond acceptors (Lipinski definition) is 3. The van der Waals surface area contributed by atoms with Gasteiger partial charge in [0.15, 0.2) is 5.71 Å². The summed E-state index contributed by atoms with van der Waals surface area (Å²) in [6, 6.07) is 4.10. The predicted octanol–water partition coefficient (Wildman–Crippen LogP) is 2.32. The molecule has 1 aliphatic rings. The molecule has 1 aromatic heterocycles. The number of aromatic nitrogens is 1. The molecule has 1 aromatic rings. The van der Waals surface area contributed by atoms with E-state index in [0.29, 0.717) is 12.3 Å². The van der Waals surface area contributed by atoms with E-state index in [4.69, 9.17) is 4.74 Å². The summed E-state index contributed by atoms with van der Waals surface area (Å²) in [6.45, 7) is 2.20. The summed E-state index contributed by atoms with van der Waals surface area (Å²) in [5, 5.41) is 0. The fourth-order valence-electron chi connectivity index (χ4n) is 2.35. The number of rotatable bonds is 4. The average molecular weight is 248 g/mol. The predicted molar refractivity (Wildman–Crippen MR) is 70.8 cm³/mol. The largest absolute Gasteiger partial charge is 0.461 e. The van der Waals surface area contributed by atoms with Crippen molar-refractivity contribution in [2.45, 2.75) is 38.6 Å². The Balaban J connectivity index is 2.28. The van der Waals surface area contributed by atoms with Crippen LogP contribution in [0.1, 0.15) is 38.3 Å². The summed E-state index contributed by atoms with van der Waals surface area (Å²) in [5.41, 5.74) is 1.30. The summed E-state index contributed by atoms with van der Waals surface area (Å²) in [5.74, 6) is -0.314. The van der Waals surface area contributed by atoms with Gasteiger partial charge in [-0.2, -0.15) is 0 Å². The third-order valence-corrected chi connectivity index (χ3v) is 3.29. The molecule has 0 bridgehead atoms. The van der Waals surface area contributed by atoms with Crippen LogP contribution in [0, 0.1) is 0 Å². The minimum atomic E-state index is -0.314. The standard InChI is InChI=1S/C14H20N2O2/c1-3-18-14(17)13(12-9-6-10-16(12)2)15-11-7-4-5-8-11/h6,9-11H,3-5,7-8H2,1-2H3/b15-13-. The minimum absolute atomic E-state index is 0.277. The minimum Gasteiger partial charge on any atom is -0.461 e. The monoisotopic (exact) mass is 248 g/mol. The van der Waals surface area contributed by atoms with Crippen LogP contribution < -0.4 is 0 Å². The molecule has 0 atom stereocenters. The van der Waals surface area contributed by atoms with E-state index < -0.39 is 0 Å². The van der Waals surface area contributed by atoms with Crippen LogP contribution in [0.4, 0.5) is 0 Å². The first-order chi connectivity index (χ1) is 8.72. The van der Waals surface area contributed by atoms with Crippen molar-refractivity contribution in [2.75, 3.05) is 6.61 Å². The van der Waals surface area contributed by atoms with Gasteiger partial charge in [-0.25, -0.2) is 4.79 Å². The first-order valence-corrected chi connectivity index (χ1v) is 6.59. The molecule has 0 radical (unpaired) electrons. The zero-order valence-electron chi connectivity index (χ0n) is 11.1. The van der Waals surface area contributed by atoms with Gasteiger partial charge in [0.2, 0.25) is 0 Å². The Morgan fingerprint density at radius 1 is 1.50 bits per heavy atom. The van der Waals surface area contributed by atoms with E-state index in [2.05, 4.69) is 4.99 Å². The van der Waals surface area contributed by atoms with E-state index in [1.807, 2.05) is 36.9 Å². The summed E-state index contributed by atoms with van der Waals surface area (Å²) in [6.07, 6.45) is 6.48. The van der Waals surface area contributed by atoms with E-state index in [0.717, 1.165) is 18.5 Å². The summed E-state index contributed by atoms with van der Waals surface area (Å²) >= 11 is 0. The molecule has 0 saturated heterocycles. The smallest absolute Gasteiger partial charge is 0.358 e. The zero-order chi connectivity index (χ0) is 13.0. The Hall–Kier alpha value is -1.58. The topological polar surface area (TPSA) is 43.6 Å². The fourth-order valence-corrected chi connectivity index (χ4v) is 2.35. The lowest BCUT2D eigenvalue weighted by molar-refractivity contribution is -0.135. The molecule has 98 valence electrons. The lowest BCUT2D eigenvalue weighted by Crippen LogP contribution is -2.23. The van der Waals surface area contributed by atoms with Gasteiger partial charge in [0.1, 0.15) is 0 Å². The molecule has 0 amide bonds. The van der Waals surface area contributed by atoms with Crippen LogP contribution >= 0.6 is 0 Å². The average Bonchev–Trinajstić information content (AvgIpc) is 2.97. The number of ether oxygens (including phenoxy) is 1. The molecule has 0 aromatic carbocycles. The normalized spacial score (nSPS) is 17.1. The number of hydrogen-bond donors (Lipinski definition) is 0. The highest BCUT2D eigenvalue weighted by molar-refractivity contribution is 6.42. The van der Waals surface area contributed by atoms with E-state index in [-0.39, 0.29) is 12.0 Å². The van der Waals surface area contributed by atoms with Crippen LogP contribution in [0.5, 0.6) is 0 Å². The summed E-state index contributed by atoms with van der Waals surface area (Å²) in [4.78, 5) is 16.6. The Morgan fingerprint density at radius 3 is 2.78 bits per heavy atom. The summed E-state index contributed by atoms with van der Waals surface area (Å²) in [7, 11) is 1.92. The van der Waals surface area contributed by atoms with Crippen molar-refractivity contribution in [1.82, 2.24) is 4.57 Å². The highest BCUT2D eigenvalue weighted by Crippen LogP contribution is 2.22. The van der Waals surface area contributed by atoms with Crippen molar-refractivity contribution in [2.24, 2.45) is 12.0 Å². The Bertz CT molecular complexity index is 442. The van der Waals surface area contributed by atoms with Gasteiger partial charge >= 0.3 is 5.97 Å². The van der Waals surface area contributed by atoms with Crippen molar-refractivity contribution in [3.8, 4) is 0 Å². The van der Waals surface area contributed by atoms with Crippen molar-refractivity contribution in [1.29, 1.82) is 0 Å². The molecule has 2 rings (SSSR count). The zero-order valence-corrected chi connectivity index (χ0v) is 11.1. The number of carbonyl (C=O) groups excluding carboxylic acids is 1. The molecule has 1 fully saturated rings. The van der Waals surface area contributed by atoms with Crippen molar-refractivity contribution in [3.05, 3.63) is 24.0 Å². The Morgan fingerprint density at radius 2 is 2.22 bits per heavy atom. The van der Waals surface area contributed by atoms with Crippen molar-refractivity contribution in [3.63, 3.8) is 0 Å². The highest BCUT2D eigenvalue weighted by Gasteiger charge is 2.21. The fraction of sp³-hybridized carbons (Fsp3) is 0.571. The molecule has 4 nitrogen and oxygen atoms in total. The van der Waals surface area contributed by atoms with Gasteiger partial charge < -0.3 is 9.30 Å². The maximum Gasteiger partial charge on any atom is 0.358 e. The lowest BCUT2D eigenvalue weighted by atomic mass is 10.2. The number of nitrogens with zero attached hydrogens (tertiary/aromatic N) is 2. The maximum atomic E-state index is 12.0. The first-order valence-electron chi connectivity index (χ1n) is 6.59. The van der Waals surface area contributed by atoms with Crippen LogP contribution in [0.2, 0.25) is 0 Å². The number of carbonyl (C=O) groups is 1. The van der Waals surface area contributed by atoms with Crippen LogP contribution in [0.15, 0.2) is 23.3 Å². The molecular weight excluding hydrogens is 228 g/mol. The van der Waals surface area contributed by atoms with Gasteiger partial charge in [0, 0.05) is 13.2 Å². The number of aryl methyl sites for hydroxylation is 1. The molecular formula is C14H20N2O2. The molecule has 0 N–H and O–H groups in total. The number of aliphatic imine (C=N–C) groups is 1. The first kappa shape index (κ1) is 12.9. The van der Waals surface area contributed by atoms with E-state index >= 15 is 0 Å². The molecule has 18 heavy (non-hydrogen) atoms. The van der Waals surface area contributed by atoms with Crippen LogP contribution in [0.3, 0.4) is 0 Å². The van der Waals surface area contributed by atoms with Crippen LogP contribution in [-0.2, 0) is 16.6 Å². The van der Waals surface area contributed by atoms with Crippen LogP contribution in [0.25, 0.3) is 0 Å². The second kappa shape index (κ2) is 5.85. The lowest BCUT2D eigenvalue weighted by Gasteiger charge is -2.10. The maximum absolute atomic E-state index is 12.0. The molecule has 4 heteroatoms. The molecule has 1 aliphatic carbocycles. The SMILES string of the molecule is CCOC(=O)/C(=N\C1CCCC1)c1cccn1C. The molecule has 1 heterocycles. The molecule has 0 unspecified atom stereocenters. The van der Waals surface area contributed by atoms with Crippen LogP contribution in [-0.4, -0.2) is 28.9 Å². The molecule has 1 saturated carbocycles. The van der Waals surface area contributed by atoms with E-state index in [1.165, 1.54) is 12.8 Å². The van der Waals surface area contributed by atoms with Gasteiger partial charge in [-0.1, -0.05) is 12.8 Å². The Kier molecular flexibility index (Phi) is 4.18. The third-order valence-electron chi connectivity index (χ3n) is 3.29. The van der Waals surface area contributed by atoms with Gasteiger partial charge in [-0.3, -0.25) is 4.99 Å². The van der Waals surface area contributed by atoms with Crippen molar-refractivity contribution >= 4 is 11.7 Å². The second-order valence-corrected chi connectivity index (χ2v) is 4.64. The quantitative estimate of drug-likeness (QED) is 0.606. The van der Waals surface area contributed by atoms with Gasteiger partial charge in [-0.05, 0) is 31.9 Å². The van der Waals surface area contributed by atoms with Gasteiger partial charge in [-0.15, -0.1) is 0 Å². The molecule has 0 aliphatic heterocycles. The third kappa shape index (κ3) is 2.81. The van der Waals surface area contributed by atoms with Gasteiger partial charge in [0.25, 0.3) is 0 Å². The molecule has 0 spiro atoms. The summed E-state index contributed by atoms with van der Waals surface area (Å²) < 4.78 is 7.02. The highest BCUT2D eigenvalue weighted by atomic mass is 16.5. The van der Waals surface area contributed by atoms with E-state index in [1.54, 1.807) is 0 Å². The van der Waals surface area contributed by atoms with Gasteiger partial charge in [0.05, 0.1) is 18.3 Å². The Labute approximate surface area is 108 Å². The second-order valence-electron chi connectivity index (χ2n) is 4.64. The van der Waals surface area contributed by atoms with Crippen molar-refractivity contribution < 1.29 is 9.53 Å².